The fourth-order valence-electron chi connectivity index (χ4n) is 2.72. The lowest BCUT2D eigenvalue weighted by Gasteiger charge is -2.25. The molecule has 2 unspecified atom stereocenters. The molecule has 0 aromatic heterocycles. The number of hydrogen-bond acceptors (Lipinski definition) is 4. The second-order valence-corrected chi connectivity index (χ2v) is 5.49. The molecular weight excluding hydrogens is 248 g/mol. The summed E-state index contributed by atoms with van der Waals surface area (Å²) >= 11 is 0. The summed E-state index contributed by atoms with van der Waals surface area (Å²) in [4.78, 5) is 23.2. The molecule has 19 heavy (non-hydrogen) atoms. The van der Waals surface area contributed by atoms with Gasteiger partial charge in [-0.25, -0.2) is 4.79 Å². The molecule has 0 aromatic rings. The molecule has 108 valence electrons. The molecule has 2 saturated heterocycles. The van der Waals surface area contributed by atoms with Crippen molar-refractivity contribution in [2.75, 3.05) is 26.3 Å². The van der Waals surface area contributed by atoms with E-state index >= 15 is 0 Å². The zero-order valence-corrected chi connectivity index (χ0v) is 11.1. The van der Waals surface area contributed by atoms with E-state index in [0.717, 1.165) is 32.4 Å². The normalized spacial score (nSPS) is 31.1. The van der Waals surface area contributed by atoms with E-state index < -0.39 is 11.5 Å². The third-order valence-electron chi connectivity index (χ3n) is 3.99. The Morgan fingerprint density at radius 3 is 2.89 bits per heavy atom. The molecule has 0 saturated carbocycles. The van der Waals surface area contributed by atoms with Crippen LogP contribution in [-0.2, 0) is 14.3 Å². The number of carbonyl (C=O) groups excluding carboxylic acids is 1. The highest BCUT2D eigenvalue weighted by molar-refractivity contribution is 5.87. The molecule has 2 fully saturated rings. The highest BCUT2D eigenvalue weighted by Gasteiger charge is 2.43. The van der Waals surface area contributed by atoms with Crippen LogP contribution < -0.4 is 10.6 Å². The molecule has 0 aliphatic carbocycles. The first kappa shape index (κ1) is 14.3. The molecule has 2 aliphatic rings. The van der Waals surface area contributed by atoms with E-state index in [1.807, 2.05) is 0 Å². The Labute approximate surface area is 112 Å². The first-order chi connectivity index (χ1) is 9.12. The third-order valence-corrected chi connectivity index (χ3v) is 3.99. The van der Waals surface area contributed by atoms with Crippen molar-refractivity contribution in [2.45, 2.75) is 37.6 Å². The molecule has 0 spiro atoms. The van der Waals surface area contributed by atoms with Gasteiger partial charge in [0, 0.05) is 19.4 Å². The quantitative estimate of drug-likeness (QED) is 0.661. The number of carboxylic acids is 1. The van der Waals surface area contributed by atoms with Gasteiger partial charge in [-0.15, -0.1) is 0 Å². The van der Waals surface area contributed by atoms with Gasteiger partial charge in [-0.2, -0.15) is 0 Å². The molecule has 0 radical (unpaired) electrons. The Kier molecular flexibility index (Phi) is 4.76. The van der Waals surface area contributed by atoms with Crippen molar-refractivity contribution in [3.05, 3.63) is 0 Å². The van der Waals surface area contributed by atoms with Crippen LogP contribution in [0.2, 0.25) is 0 Å². The van der Waals surface area contributed by atoms with E-state index in [1.165, 1.54) is 0 Å². The van der Waals surface area contributed by atoms with Gasteiger partial charge in [0.1, 0.15) is 0 Å². The number of carbonyl (C=O) groups is 2. The largest absolute Gasteiger partial charge is 0.479 e. The van der Waals surface area contributed by atoms with Gasteiger partial charge in [-0.3, -0.25) is 4.79 Å². The summed E-state index contributed by atoms with van der Waals surface area (Å²) in [5.41, 5.74) is -1.21. The summed E-state index contributed by atoms with van der Waals surface area (Å²) < 4.78 is 5.11. The maximum atomic E-state index is 11.9. The molecule has 2 atom stereocenters. The molecule has 2 rings (SSSR count). The number of rotatable bonds is 5. The summed E-state index contributed by atoms with van der Waals surface area (Å²) in [7, 11) is 0. The van der Waals surface area contributed by atoms with Gasteiger partial charge in [-0.1, -0.05) is 0 Å². The van der Waals surface area contributed by atoms with Crippen LogP contribution in [0.15, 0.2) is 0 Å². The summed E-state index contributed by atoms with van der Waals surface area (Å²) in [6, 6.07) is 0. The molecular formula is C13H22N2O4. The monoisotopic (exact) mass is 270 g/mol. The molecule has 3 N–H and O–H groups in total. The van der Waals surface area contributed by atoms with Gasteiger partial charge in [0.15, 0.2) is 5.54 Å². The van der Waals surface area contributed by atoms with Gasteiger partial charge < -0.3 is 20.5 Å². The van der Waals surface area contributed by atoms with Crippen LogP contribution in [0.1, 0.15) is 32.1 Å². The zero-order chi connectivity index (χ0) is 13.7. The standard InChI is InChI=1S/C13H22N2O4/c16-11(4-3-10-2-1-6-14-8-10)15-13(12(17)18)5-7-19-9-13/h10,14H,1-9H2,(H,15,16)(H,17,18). The topological polar surface area (TPSA) is 87.7 Å². The number of carboxylic acid groups (broad SMARTS) is 1. The minimum absolute atomic E-state index is 0.0685. The predicted molar refractivity (Wildman–Crippen MR) is 68.8 cm³/mol. The second-order valence-electron chi connectivity index (χ2n) is 5.49. The Morgan fingerprint density at radius 2 is 2.32 bits per heavy atom. The first-order valence-electron chi connectivity index (χ1n) is 6.95. The van der Waals surface area contributed by atoms with Crippen LogP contribution in [0.4, 0.5) is 0 Å². The van der Waals surface area contributed by atoms with Crippen LogP contribution in [0.5, 0.6) is 0 Å². The minimum Gasteiger partial charge on any atom is -0.479 e. The molecule has 0 aromatic carbocycles. The van der Waals surface area contributed by atoms with Crippen molar-refractivity contribution in [3.63, 3.8) is 0 Å². The summed E-state index contributed by atoms with van der Waals surface area (Å²) in [6.07, 6.45) is 3.85. The molecule has 1 amide bonds. The lowest BCUT2D eigenvalue weighted by Crippen LogP contribution is -2.55. The van der Waals surface area contributed by atoms with Crippen molar-refractivity contribution < 1.29 is 19.4 Å². The van der Waals surface area contributed by atoms with Crippen LogP contribution >= 0.6 is 0 Å². The van der Waals surface area contributed by atoms with Crippen molar-refractivity contribution in [1.29, 1.82) is 0 Å². The third kappa shape index (κ3) is 3.67. The Balaban J connectivity index is 1.78. The number of hydrogen-bond donors (Lipinski definition) is 3. The molecule has 6 nitrogen and oxygen atoms in total. The summed E-state index contributed by atoms with van der Waals surface area (Å²) in [5, 5.41) is 15.2. The van der Waals surface area contributed by atoms with Gasteiger partial charge in [0.05, 0.1) is 6.61 Å². The fourth-order valence-corrected chi connectivity index (χ4v) is 2.72. The predicted octanol–water partition coefficient (Wildman–Crippen LogP) is 0.126. The zero-order valence-electron chi connectivity index (χ0n) is 11.1. The van der Waals surface area contributed by atoms with E-state index in [4.69, 9.17) is 4.74 Å². The van der Waals surface area contributed by atoms with Crippen molar-refractivity contribution in [2.24, 2.45) is 5.92 Å². The average Bonchev–Trinajstić information content (AvgIpc) is 2.87. The van der Waals surface area contributed by atoms with Gasteiger partial charge in [0.25, 0.3) is 0 Å². The SMILES string of the molecule is O=C(CCC1CCCNC1)NC1(C(=O)O)CCOC1. The van der Waals surface area contributed by atoms with E-state index in [0.29, 0.717) is 25.4 Å². The number of aliphatic carboxylic acids is 1. The van der Waals surface area contributed by atoms with Gasteiger partial charge in [0.2, 0.25) is 5.91 Å². The van der Waals surface area contributed by atoms with Crippen LogP contribution in [-0.4, -0.2) is 48.8 Å². The van der Waals surface area contributed by atoms with Crippen LogP contribution in [0.25, 0.3) is 0 Å². The number of amides is 1. The average molecular weight is 270 g/mol. The second kappa shape index (κ2) is 6.34. The first-order valence-corrected chi connectivity index (χ1v) is 6.95. The lowest BCUT2D eigenvalue weighted by atomic mass is 9.93. The highest BCUT2D eigenvalue weighted by Crippen LogP contribution is 2.20. The van der Waals surface area contributed by atoms with E-state index in [1.54, 1.807) is 0 Å². The van der Waals surface area contributed by atoms with E-state index in [9.17, 15) is 14.7 Å². The lowest BCUT2D eigenvalue weighted by molar-refractivity contribution is -0.147. The van der Waals surface area contributed by atoms with Crippen molar-refractivity contribution >= 4 is 11.9 Å². The number of nitrogens with one attached hydrogen (secondary N) is 2. The molecule has 2 aliphatic heterocycles. The van der Waals surface area contributed by atoms with Gasteiger partial charge in [-0.05, 0) is 38.3 Å². The smallest absolute Gasteiger partial charge is 0.331 e. The number of piperidine rings is 1. The van der Waals surface area contributed by atoms with Crippen LogP contribution in [0.3, 0.4) is 0 Å². The Bertz CT molecular complexity index is 334. The Hall–Kier alpha value is -1.14. The van der Waals surface area contributed by atoms with Crippen molar-refractivity contribution in [3.8, 4) is 0 Å². The minimum atomic E-state index is -1.21. The van der Waals surface area contributed by atoms with E-state index in [2.05, 4.69) is 10.6 Å². The van der Waals surface area contributed by atoms with E-state index in [-0.39, 0.29) is 12.5 Å². The maximum absolute atomic E-state index is 11.9. The highest BCUT2D eigenvalue weighted by atomic mass is 16.5. The number of ether oxygens (including phenoxy) is 1. The van der Waals surface area contributed by atoms with Crippen LogP contribution in [0, 0.1) is 5.92 Å². The maximum Gasteiger partial charge on any atom is 0.331 e. The molecule has 6 heteroatoms. The van der Waals surface area contributed by atoms with Crippen molar-refractivity contribution in [1.82, 2.24) is 10.6 Å². The molecule has 2 heterocycles. The molecule has 0 bridgehead atoms. The fraction of sp³-hybridized carbons (Fsp3) is 0.846. The van der Waals surface area contributed by atoms with Gasteiger partial charge >= 0.3 is 5.97 Å². The summed E-state index contributed by atoms with van der Waals surface area (Å²) in [6.45, 7) is 2.47. The summed E-state index contributed by atoms with van der Waals surface area (Å²) in [5.74, 6) is -0.656. The Morgan fingerprint density at radius 1 is 1.47 bits per heavy atom.